The highest BCUT2D eigenvalue weighted by Gasteiger charge is 2.04. The van der Waals surface area contributed by atoms with E-state index < -0.39 is 0 Å². The van der Waals surface area contributed by atoms with Crippen molar-refractivity contribution in [2.75, 3.05) is 6.61 Å². The maximum absolute atomic E-state index is 12.0. The monoisotopic (exact) mass is 325 g/mol. The van der Waals surface area contributed by atoms with Crippen molar-refractivity contribution in [2.45, 2.75) is 39.7 Å². The van der Waals surface area contributed by atoms with Crippen LogP contribution in [0.15, 0.2) is 54.6 Å². The van der Waals surface area contributed by atoms with Crippen LogP contribution in [0.3, 0.4) is 0 Å². The van der Waals surface area contributed by atoms with Crippen molar-refractivity contribution in [2.24, 2.45) is 5.92 Å². The summed E-state index contributed by atoms with van der Waals surface area (Å²) in [6.07, 6.45) is 2.79. The molecule has 0 bridgehead atoms. The van der Waals surface area contributed by atoms with E-state index in [2.05, 4.69) is 19.2 Å². The SMILES string of the molecule is CCCC(C)COc1ccc(CNC(=O)Cc2ccccc2)cc1. The van der Waals surface area contributed by atoms with Crippen LogP contribution in [-0.2, 0) is 17.8 Å². The fourth-order valence-electron chi connectivity index (χ4n) is 2.56. The Bertz CT molecular complexity index is 607. The van der Waals surface area contributed by atoms with Gasteiger partial charge < -0.3 is 10.1 Å². The molecule has 3 nitrogen and oxygen atoms in total. The summed E-state index contributed by atoms with van der Waals surface area (Å²) in [5.41, 5.74) is 2.10. The van der Waals surface area contributed by atoms with Crippen molar-refractivity contribution >= 4 is 5.91 Å². The Labute approximate surface area is 145 Å². The topological polar surface area (TPSA) is 38.3 Å². The first-order chi connectivity index (χ1) is 11.7. The molecule has 2 aromatic carbocycles. The first kappa shape index (κ1) is 18.1. The van der Waals surface area contributed by atoms with Crippen molar-refractivity contribution < 1.29 is 9.53 Å². The molecule has 1 atom stereocenters. The minimum atomic E-state index is 0.0370. The van der Waals surface area contributed by atoms with Gasteiger partial charge in [0.2, 0.25) is 5.91 Å². The Morgan fingerprint density at radius 1 is 1.04 bits per heavy atom. The summed E-state index contributed by atoms with van der Waals surface area (Å²) >= 11 is 0. The summed E-state index contributed by atoms with van der Waals surface area (Å²) in [7, 11) is 0. The zero-order valence-corrected chi connectivity index (χ0v) is 14.6. The average molecular weight is 325 g/mol. The number of carbonyl (C=O) groups is 1. The van der Waals surface area contributed by atoms with Gasteiger partial charge in [0.1, 0.15) is 5.75 Å². The van der Waals surface area contributed by atoms with E-state index in [0.717, 1.165) is 23.5 Å². The highest BCUT2D eigenvalue weighted by molar-refractivity contribution is 5.78. The van der Waals surface area contributed by atoms with Gasteiger partial charge in [0.15, 0.2) is 0 Å². The molecule has 0 aromatic heterocycles. The smallest absolute Gasteiger partial charge is 0.224 e. The molecular weight excluding hydrogens is 298 g/mol. The number of benzene rings is 2. The second kappa shape index (κ2) is 9.76. The Morgan fingerprint density at radius 2 is 1.75 bits per heavy atom. The van der Waals surface area contributed by atoms with E-state index in [1.165, 1.54) is 12.8 Å². The van der Waals surface area contributed by atoms with Crippen LogP contribution in [0.2, 0.25) is 0 Å². The van der Waals surface area contributed by atoms with Crippen LogP contribution >= 0.6 is 0 Å². The molecule has 1 N–H and O–H groups in total. The summed E-state index contributed by atoms with van der Waals surface area (Å²) < 4.78 is 5.79. The maximum Gasteiger partial charge on any atom is 0.224 e. The number of nitrogens with one attached hydrogen (secondary N) is 1. The van der Waals surface area contributed by atoms with Crippen molar-refractivity contribution in [1.82, 2.24) is 5.32 Å². The van der Waals surface area contributed by atoms with Crippen LogP contribution in [0.1, 0.15) is 37.8 Å². The third-order valence-electron chi connectivity index (χ3n) is 3.94. The molecule has 0 aliphatic carbocycles. The molecule has 24 heavy (non-hydrogen) atoms. The largest absolute Gasteiger partial charge is 0.493 e. The lowest BCUT2D eigenvalue weighted by atomic mass is 10.1. The van der Waals surface area contributed by atoms with Gasteiger partial charge in [-0.15, -0.1) is 0 Å². The summed E-state index contributed by atoms with van der Waals surface area (Å²) in [6.45, 7) is 5.69. The van der Waals surface area contributed by atoms with Crippen LogP contribution in [0, 0.1) is 5.92 Å². The lowest BCUT2D eigenvalue weighted by Crippen LogP contribution is -2.24. The van der Waals surface area contributed by atoms with Crippen molar-refractivity contribution in [3.63, 3.8) is 0 Å². The molecule has 1 amide bonds. The molecule has 0 heterocycles. The van der Waals surface area contributed by atoms with Gasteiger partial charge in [-0.25, -0.2) is 0 Å². The van der Waals surface area contributed by atoms with Crippen LogP contribution in [0.25, 0.3) is 0 Å². The van der Waals surface area contributed by atoms with E-state index in [4.69, 9.17) is 4.74 Å². The zero-order valence-electron chi connectivity index (χ0n) is 14.6. The Morgan fingerprint density at radius 3 is 2.42 bits per heavy atom. The molecule has 2 aromatic rings. The van der Waals surface area contributed by atoms with Gasteiger partial charge >= 0.3 is 0 Å². The van der Waals surface area contributed by atoms with Crippen molar-refractivity contribution in [1.29, 1.82) is 0 Å². The lowest BCUT2D eigenvalue weighted by Gasteiger charge is -2.12. The highest BCUT2D eigenvalue weighted by atomic mass is 16.5. The molecule has 0 aliphatic heterocycles. The van der Waals surface area contributed by atoms with E-state index >= 15 is 0 Å². The quantitative estimate of drug-likeness (QED) is 0.744. The second-order valence-corrected chi connectivity index (χ2v) is 6.29. The lowest BCUT2D eigenvalue weighted by molar-refractivity contribution is -0.120. The Hall–Kier alpha value is -2.29. The molecule has 0 fully saturated rings. The summed E-state index contributed by atoms with van der Waals surface area (Å²) in [5, 5.41) is 2.95. The van der Waals surface area contributed by atoms with Crippen molar-refractivity contribution in [3.05, 3.63) is 65.7 Å². The van der Waals surface area contributed by atoms with Gasteiger partial charge in [0.25, 0.3) is 0 Å². The van der Waals surface area contributed by atoms with Gasteiger partial charge in [-0.3, -0.25) is 4.79 Å². The normalized spacial score (nSPS) is 11.8. The number of ether oxygens (including phenoxy) is 1. The number of carbonyl (C=O) groups excluding carboxylic acids is 1. The number of hydrogen-bond donors (Lipinski definition) is 1. The third kappa shape index (κ3) is 6.45. The van der Waals surface area contributed by atoms with Gasteiger partial charge in [-0.1, -0.05) is 62.7 Å². The minimum Gasteiger partial charge on any atom is -0.493 e. The third-order valence-corrected chi connectivity index (χ3v) is 3.94. The molecule has 2 rings (SSSR count). The maximum atomic E-state index is 12.0. The van der Waals surface area contributed by atoms with Gasteiger partial charge in [-0.05, 0) is 35.6 Å². The highest BCUT2D eigenvalue weighted by Crippen LogP contribution is 2.14. The average Bonchev–Trinajstić information content (AvgIpc) is 2.60. The number of hydrogen-bond acceptors (Lipinski definition) is 2. The predicted molar refractivity (Wildman–Crippen MR) is 98.0 cm³/mol. The minimum absolute atomic E-state index is 0.0370. The molecule has 0 aliphatic rings. The zero-order chi connectivity index (χ0) is 17.2. The summed E-state index contributed by atoms with van der Waals surface area (Å²) in [5.74, 6) is 1.50. The standard InChI is InChI=1S/C21H27NO2/c1-3-7-17(2)16-24-20-12-10-19(11-13-20)15-22-21(23)14-18-8-5-4-6-9-18/h4-6,8-13,17H,3,7,14-16H2,1-2H3,(H,22,23). The van der Waals surface area contributed by atoms with Crippen LogP contribution in [-0.4, -0.2) is 12.5 Å². The first-order valence-corrected chi connectivity index (χ1v) is 8.69. The predicted octanol–water partition coefficient (Wildman–Crippen LogP) is 4.36. The Kier molecular flexibility index (Phi) is 7.34. The second-order valence-electron chi connectivity index (χ2n) is 6.29. The Balaban J connectivity index is 1.74. The number of amides is 1. The fraction of sp³-hybridized carbons (Fsp3) is 0.381. The molecule has 1 unspecified atom stereocenters. The molecule has 3 heteroatoms. The molecule has 128 valence electrons. The molecule has 0 saturated heterocycles. The van der Waals surface area contributed by atoms with E-state index in [0.29, 0.717) is 18.9 Å². The molecular formula is C21H27NO2. The fourth-order valence-corrected chi connectivity index (χ4v) is 2.56. The summed E-state index contributed by atoms with van der Waals surface area (Å²) in [4.78, 5) is 12.0. The van der Waals surface area contributed by atoms with Gasteiger partial charge in [0, 0.05) is 6.54 Å². The van der Waals surface area contributed by atoms with Gasteiger partial charge in [0.05, 0.1) is 13.0 Å². The van der Waals surface area contributed by atoms with Crippen molar-refractivity contribution in [3.8, 4) is 5.75 Å². The van der Waals surface area contributed by atoms with E-state index in [-0.39, 0.29) is 5.91 Å². The summed E-state index contributed by atoms with van der Waals surface area (Å²) in [6, 6.07) is 17.7. The first-order valence-electron chi connectivity index (χ1n) is 8.69. The van der Waals surface area contributed by atoms with Crippen LogP contribution in [0.5, 0.6) is 5.75 Å². The number of rotatable bonds is 9. The van der Waals surface area contributed by atoms with Crippen LogP contribution < -0.4 is 10.1 Å². The molecule has 0 spiro atoms. The van der Waals surface area contributed by atoms with Crippen LogP contribution in [0.4, 0.5) is 0 Å². The molecule has 0 radical (unpaired) electrons. The van der Waals surface area contributed by atoms with E-state index in [9.17, 15) is 4.79 Å². The molecule has 0 saturated carbocycles. The van der Waals surface area contributed by atoms with Gasteiger partial charge in [-0.2, -0.15) is 0 Å². The van der Waals surface area contributed by atoms with E-state index in [1.54, 1.807) is 0 Å². The van der Waals surface area contributed by atoms with E-state index in [1.807, 2.05) is 54.6 Å².